The maximum absolute atomic E-state index is 13.1. The molecule has 1 heterocycles. The first-order chi connectivity index (χ1) is 12.1. The van der Waals surface area contributed by atoms with Crippen LogP contribution >= 0.6 is 0 Å². The number of fused-ring (bicyclic) bond motifs is 1. The van der Waals surface area contributed by atoms with Crippen LogP contribution in [0.25, 0.3) is 10.9 Å². The fourth-order valence-electron chi connectivity index (χ4n) is 3.12. The number of halogens is 1. The number of benzene rings is 2. The number of hydrogen-bond acceptors (Lipinski definition) is 2. The first kappa shape index (κ1) is 17.6. The summed E-state index contributed by atoms with van der Waals surface area (Å²) in [5, 5.41) is 4.83. The summed E-state index contributed by atoms with van der Waals surface area (Å²) in [4.78, 5) is 2.20. The second-order valence-corrected chi connectivity index (χ2v) is 6.76. The van der Waals surface area contributed by atoms with Crippen molar-refractivity contribution in [2.75, 3.05) is 27.2 Å². The third-order valence-corrected chi connectivity index (χ3v) is 4.41. The van der Waals surface area contributed by atoms with Crippen LogP contribution in [0.2, 0.25) is 0 Å². The number of nitrogens with zero attached hydrogens (tertiary/aromatic N) is 2. The molecule has 0 fully saturated rings. The molecule has 3 nitrogen and oxygen atoms in total. The Morgan fingerprint density at radius 1 is 1.04 bits per heavy atom. The molecule has 4 heteroatoms. The molecule has 132 valence electrons. The predicted molar refractivity (Wildman–Crippen MR) is 102 cm³/mol. The summed E-state index contributed by atoms with van der Waals surface area (Å²) < 4.78 is 15.4. The highest BCUT2D eigenvalue weighted by Crippen LogP contribution is 2.22. The van der Waals surface area contributed by atoms with Crippen LogP contribution in [0.4, 0.5) is 4.39 Å². The van der Waals surface area contributed by atoms with Crippen LogP contribution < -0.4 is 5.32 Å². The van der Waals surface area contributed by atoms with Crippen LogP contribution in [-0.4, -0.2) is 36.7 Å². The van der Waals surface area contributed by atoms with E-state index in [1.54, 1.807) is 0 Å². The number of para-hydroxylation sites is 1. The normalized spacial score (nSPS) is 11.5. The summed E-state index contributed by atoms with van der Waals surface area (Å²) in [5.41, 5.74) is 3.63. The van der Waals surface area contributed by atoms with E-state index in [1.807, 2.05) is 12.1 Å². The van der Waals surface area contributed by atoms with Crippen molar-refractivity contribution in [3.63, 3.8) is 0 Å². The Kier molecular flexibility index (Phi) is 5.84. The average Bonchev–Trinajstić information content (AvgIpc) is 2.94. The zero-order valence-corrected chi connectivity index (χ0v) is 15.0. The summed E-state index contributed by atoms with van der Waals surface area (Å²) in [7, 11) is 4.20. The Balaban J connectivity index is 1.72. The highest BCUT2D eigenvalue weighted by atomic mass is 19.1. The van der Waals surface area contributed by atoms with Gasteiger partial charge in [0.25, 0.3) is 0 Å². The third kappa shape index (κ3) is 4.68. The van der Waals surface area contributed by atoms with E-state index in [9.17, 15) is 4.39 Å². The Morgan fingerprint density at radius 3 is 2.56 bits per heavy atom. The van der Waals surface area contributed by atoms with Gasteiger partial charge in [-0.25, -0.2) is 4.39 Å². The molecule has 25 heavy (non-hydrogen) atoms. The fourth-order valence-corrected chi connectivity index (χ4v) is 3.12. The van der Waals surface area contributed by atoms with Gasteiger partial charge in [0, 0.05) is 30.2 Å². The van der Waals surface area contributed by atoms with Crippen LogP contribution in [0.5, 0.6) is 0 Å². The molecule has 0 aliphatic carbocycles. The summed E-state index contributed by atoms with van der Waals surface area (Å²) in [6.07, 6.45) is 3.36. The monoisotopic (exact) mass is 339 g/mol. The van der Waals surface area contributed by atoms with Crippen LogP contribution in [0.15, 0.2) is 54.7 Å². The molecule has 0 atom stereocenters. The highest BCUT2D eigenvalue weighted by Gasteiger charge is 2.08. The molecule has 0 aliphatic rings. The quantitative estimate of drug-likeness (QED) is 0.629. The largest absolute Gasteiger partial charge is 0.343 e. The standard InChI is InChI=1S/C21H26FN3/c1-24(2)13-5-12-23-14-18-16-25(21-7-4-3-6-20(18)21)15-17-8-10-19(22)11-9-17/h3-4,6-11,16,23H,5,12-15H2,1-2H3. The lowest BCUT2D eigenvalue weighted by Crippen LogP contribution is -2.20. The Labute approximate surface area is 149 Å². The van der Waals surface area contributed by atoms with Gasteiger partial charge in [0.05, 0.1) is 0 Å². The Morgan fingerprint density at radius 2 is 1.80 bits per heavy atom. The van der Waals surface area contributed by atoms with Crippen LogP contribution in [0.3, 0.4) is 0 Å². The van der Waals surface area contributed by atoms with Gasteiger partial charge in [0.1, 0.15) is 5.82 Å². The van der Waals surface area contributed by atoms with Gasteiger partial charge in [-0.1, -0.05) is 30.3 Å². The maximum Gasteiger partial charge on any atom is 0.123 e. The van der Waals surface area contributed by atoms with Crippen molar-refractivity contribution >= 4 is 10.9 Å². The van der Waals surface area contributed by atoms with Crippen molar-refractivity contribution in [1.29, 1.82) is 0 Å². The molecule has 3 rings (SSSR count). The predicted octanol–water partition coefficient (Wildman–Crippen LogP) is 3.87. The minimum atomic E-state index is -0.191. The third-order valence-electron chi connectivity index (χ3n) is 4.41. The lowest BCUT2D eigenvalue weighted by atomic mass is 10.2. The van der Waals surface area contributed by atoms with E-state index in [0.29, 0.717) is 0 Å². The molecule has 0 unspecified atom stereocenters. The summed E-state index contributed by atoms with van der Waals surface area (Å²) in [6, 6.07) is 15.2. The minimum Gasteiger partial charge on any atom is -0.343 e. The second kappa shape index (κ2) is 8.28. The van der Waals surface area contributed by atoms with E-state index in [4.69, 9.17) is 0 Å². The van der Waals surface area contributed by atoms with Crippen molar-refractivity contribution in [3.05, 3.63) is 71.7 Å². The van der Waals surface area contributed by atoms with Crippen molar-refractivity contribution in [2.24, 2.45) is 0 Å². The van der Waals surface area contributed by atoms with Gasteiger partial charge in [0.15, 0.2) is 0 Å². The van der Waals surface area contributed by atoms with Gasteiger partial charge in [-0.05, 0) is 62.9 Å². The van der Waals surface area contributed by atoms with Gasteiger partial charge < -0.3 is 14.8 Å². The molecule has 0 saturated heterocycles. The van der Waals surface area contributed by atoms with Gasteiger partial charge in [-0.15, -0.1) is 0 Å². The van der Waals surface area contributed by atoms with Crippen LogP contribution in [0, 0.1) is 5.82 Å². The maximum atomic E-state index is 13.1. The molecule has 3 aromatic rings. The van der Waals surface area contributed by atoms with Crippen molar-refractivity contribution in [3.8, 4) is 0 Å². The molecule has 0 aliphatic heterocycles. The summed E-state index contributed by atoms with van der Waals surface area (Å²) >= 11 is 0. The molecule has 1 N–H and O–H groups in total. The summed E-state index contributed by atoms with van der Waals surface area (Å²) in [6.45, 7) is 3.72. The van der Waals surface area contributed by atoms with E-state index < -0.39 is 0 Å². The van der Waals surface area contributed by atoms with Crippen molar-refractivity contribution in [2.45, 2.75) is 19.5 Å². The van der Waals surface area contributed by atoms with Gasteiger partial charge in [-0.2, -0.15) is 0 Å². The molecule has 0 spiro atoms. The number of hydrogen-bond donors (Lipinski definition) is 1. The molecular weight excluding hydrogens is 313 g/mol. The lowest BCUT2D eigenvalue weighted by molar-refractivity contribution is 0.394. The Bertz CT molecular complexity index is 806. The smallest absolute Gasteiger partial charge is 0.123 e. The van der Waals surface area contributed by atoms with Crippen LogP contribution in [0.1, 0.15) is 17.5 Å². The lowest BCUT2D eigenvalue weighted by Gasteiger charge is -2.09. The number of rotatable bonds is 8. The van der Waals surface area contributed by atoms with E-state index in [2.05, 4.69) is 59.3 Å². The molecular formula is C21H26FN3. The molecule has 1 aromatic heterocycles. The van der Waals surface area contributed by atoms with Gasteiger partial charge >= 0.3 is 0 Å². The highest BCUT2D eigenvalue weighted by molar-refractivity contribution is 5.84. The SMILES string of the molecule is CN(C)CCCNCc1cn(Cc2ccc(F)cc2)c2ccccc12. The van der Waals surface area contributed by atoms with E-state index in [0.717, 1.165) is 38.2 Å². The van der Waals surface area contributed by atoms with E-state index >= 15 is 0 Å². The summed E-state index contributed by atoms with van der Waals surface area (Å²) in [5.74, 6) is -0.191. The topological polar surface area (TPSA) is 20.2 Å². The zero-order valence-electron chi connectivity index (χ0n) is 15.0. The van der Waals surface area contributed by atoms with Crippen molar-refractivity contribution < 1.29 is 4.39 Å². The van der Waals surface area contributed by atoms with Gasteiger partial charge in [0.2, 0.25) is 0 Å². The van der Waals surface area contributed by atoms with Gasteiger partial charge in [-0.3, -0.25) is 0 Å². The fraction of sp³-hybridized carbons (Fsp3) is 0.333. The van der Waals surface area contributed by atoms with E-state index in [-0.39, 0.29) is 5.82 Å². The second-order valence-electron chi connectivity index (χ2n) is 6.76. The zero-order chi connectivity index (χ0) is 17.6. The molecule has 0 saturated carbocycles. The Hall–Kier alpha value is -2.17. The number of aromatic nitrogens is 1. The molecule has 2 aromatic carbocycles. The molecule has 0 radical (unpaired) electrons. The van der Waals surface area contributed by atoms with E-state index in [1.165, 1.54) is 28.6 Å². The average molecular weight is 339 g/mol. The first-order valence-electron chi connectivity index (χ1n) is 8.80. The minimum absolute atomic E-state index is 0.191. The first-order valence-corrected chi connectivity index (χ1v) is 8.80. The van der Waals surface area contributed by atoms with Crippen molar-refractivity contribution in [1.82, 2.24) is 14.8 Å². The molecule has 0 bridgehead atoms. The number of nitrogens with one attached hydrogen (secondary N) is 1. The molecule has 0 amide bonds. The van der Waals surface area contributed by atoms with Crippen LogP contribution in [-0.2, 0) is 13.1 Å².